The molecule has 0 saturated carbocycles. The van der Waals surface area contributed by atoms with E-state index in [0.29, 0.717) is 5.75 Å². The molecule has 0 saturated heterocycles. The van der Waals surface area contributed by atoms with Crippen molar-refractivity contribution in [3.8, 4) is 5.75 Å². The summed E-state index contributed by atoms with van der Waals surface area (Å²) in [5.41, 5.74) is 2.06. The average molecular weight is 222 g/mol. The van der Waals surface area contributed by atoms with E-state index in [1.54, 1.807) is 6.07 Å². The number of aryl methyl sites for hydroxylation is 1. The van der Waals surface area contributed by atoms with Crippen LogP contribution in [0.25, 0.3) is 0 Å². The monoisotopic (exact) mass is 222 g/mol. The lowest BCUT2D eigenvalue weighted by Crippen LogP contribution is -2.12. The molecule has 1 aliphatic rings. The zero-order chi connectivity index (χ0) is 11.5. The molecule has 4 heteroatoms. The van der Waals surface area contributed by atoms with E-state index in [1.807, 2.05) is 12.1 Å². The van der Waals surface area contributed by atoms with E-state index >= 15 is 0 Å². The third-order valence-electron chi connectivity index (χ3n) is 2.74. The number of aliphatic hydroxyl groups excluding tert-OH is 1. The fourth-order valence-corrected chi connectivity index (χ4v) is 1.86. The van der Waals surface area contributed by atoms with Gasteiger partial charge in [-0.1, -0.05) is 6.07 Å². The summed E-state index contributed by atoms with van der Waals surface area (Å²) in [4.78, 5) is 10.9. The van der Waals surface area contributed by atoms with Crippen LogP contribution in [-0.4, -0.2) is 24.8 Å². The van der Waals surface area contributed by atoms with Gasteiger partial charge < -0.3 is 14.6 Å². The van der Waals surface area contributed by atoms with Gasteiger partial charge in [-0.05, 0) is 36.1 Å². The molecule has 1 aromatic rings. The van der Waals surface area contributed by atoms with E-state index in [1.165, 1.54) is 7.11 Å². The number of aliphatic hydroxyl groups is 1. The number of hydrogen-bond acceptors (Lipinski definition) is 4. The molecule has 0 amide bonds. The number of methoxy groups -OCH3 is 1. The van der Waals surface area contributed by atoms with Gasteiger partial charge in [0.15, 0.2) is 6.61 Å². The molecule has 0 radical (unpaired) electrons. The fourth-order valence-electron chi connectivity index (χ4n) is 1.86. The molecule has 0 aliphatic heterocycles. The molecule has 4 nitrogen and oxygen atoms in total. The molecule has 16 heavy (non-hydrogen) atoms. The molecule has 1 N–H and O–H groups in total. The number of esters is 1. The van der Waals surface area contributed by atoms with Gasteiger partial charge >= 0.3 is 5.97 Å². The predicted molar refractivity (Wildman–Crippen MR) is 57.2 cm³/mol. The second-order valence-electron chi connectivity index (χ2n) is 3.78. The van der Waals surface area contributed by atoms with Gasteiger partial charge in [0.05, 0.1) is 13.2 Å². The molecule has 0 aromatic heterocycles. The molecule has 0 bridgehead atoms. The van der Waals surface area contributed by atoms with Crippen molar-refractivity contribution >= 4 is 5.97 Å². The van der Waals surface area contributed by atoms with Gasteiger partial charge in [-0.25, -0.2) is 4.79 Å². The summed E-state index contributed by atoms with van der Waals surface area (Å²) >= 11 is 0. The van der Waals surface area contributed by atoms with Crippen molar-refractivity contribution in [2.75, 3.05) is 13.7 Å². The maximum Gasteiger partial charge on any atom is 0.343 e. The first-order valence-corrected chi connectivity index (χ1v) is 5.21. The van der Waals surface area contributed by atoms with Crippen LogP contribution < -0.4 is 4.74 Å². The van der Waals surface area contributed by atoms with Crippen molar-refractivity contribution in [3.63, 3.8) is 0 Å². The number of ether oxygens (including phenoxy) is 2. The first-order chi connectivity index (χ1) is 7.70. The van der Waals surface area contributed by atoms with E-state index in [4.69, 9.17) is 4.74 Å². The lowest BCUT2D eigenvalue weighted by atomic mass is 10.1. The van der Waals surface area contributed by atoms with Gasteiger partial charge in [0.1, 0.15) is 5.75 Å². The summed E-state index contributed by atoms with van der Waals surface area (Å²) in [6.07, 6.45) is 1.26. The standard InChI is InChI=1S/C12H14O4/c1-15-12(14)7-16-9-3-4-10-8(6-9)2-5-11(10)13/h3-4,6,11,13H,2,5,7H2,1H3/t11-/m1/s1. The minimum Gasteiger partial charge on any atom is -0.482 e. The first-order valence-electron chi connectivity index (χ1n) is 5.21. The zero-order valence-corrected chi connectivity index (χ0v) is 9.10. The Labute approximate surface area is 93.8 Å². The Kier molecular flexibility index (Phi) is 3.10. The molecule has 1 aromatic carbocycles. The zero-order valence-electron chi connectivity index (χ0n) is 9.10. The number of rotatable bonds is 3. The summed E-state index contributed by atoms with van der Waals surface area (Å²) in [6.45, 7) is -0.0855. The second kappa shape index (κ2) is 4.53. The van der Waals surface area contributed by atoms with E-state index in [-0.39, 0.29) is 12.7 Å². The Bertz CT molecular complexity index is 400. The number of fused-ring (bicyclic) bond motifs is 1. The Balaban J connectivity index is 2.05. The van der Waals surface area contributed by atoms with Gasteiger partial charge in [-0.2, -0.15) is 0 Å². The molecule has 1 atom stereocenters. The topological polar surface area (TPSA) is 55.8 Å². The maximum atomic E-state index is 10.9. The minimum absolute atomic E-state index is 0.0855. The Hall–Kier alpha value is -1.55. The van der Waals surface area contributed by atoms with Crippen molar-refractivity contribution < 1.29 is 19.4 Å². The Morgan fingerprint density at radius 1 is 1.56 bits per heavy atom. The lowest BCUT2D eigenvalue weighted by molar-refractivity contribution is -0.142. The lowest BCUT2D eigenvalue weighted by Gasteiger charge is -2.07. The molecule has 0 unspecified atom stereocenters. The van der Waals surface area contributed by atoms with Crippen LogP contribution in [0.1, 0.15) is 23.7 Å². The Morgan fingerprint density at radius 3 is 3.12 bits per heavy atom. The van der Waals surface area contributed by atoms with Crippen LogP contribution in [0.3, 0.4) is 0 Å². The molecule has 0 fully saturated rings. The highest BCUT2D eigenvalue weighted by molar-refractivity contribution is 5.70. The third kappa shape index (κ3) is 2.17. The summed E-state index contributed by atoms with van der Waals surface area (Å²) in [7, 11) is 1.32. The third-order valence-corrected chi connectivity index (χ3v) is 2.74. The number of carbonyl (C=O) groups is 1. The average Bonchev–Trinajstić information content (AvgIpc) is 2.67. The van der Waals surface area contributed by atoms with Crippen LogP contribution in [0.2, 0.25) is 0 Å². The molecule has 86 valence electrons. The largest absolute Gasteiger partial charge is 0.482 e. The van der Waals surface area contributed by atoms with Crippen LogP contribution in [0.5, 0.6) is 5.75 Å². The van der Waals surface area contributed by atoms with Crippen LogP contribution >= 0.6 is 0 Å². The summed E-state index contributed by atoms with van der Waals surface area (Å²) in [5.74, 6) is 0.235. The summed E-state index contributed by atoms with van der Waals surface area (Å²) < 4.78 is 9.74. The molecule has 2 rings (SSSR count). The highest BCUT2D eigenvalue weighted by Crippen LogP contribution is 2.33. The van der Waals surface area contributed by atoms with E-state index in [2.05, 4.69) is 4.74 Å². The normalized spacial score (nSPS) is 18.0. The van der Waals surface area contributed by atoms with Crippen molar-refractivity contribution in [3.05, 3.63) is 29.3 Å². The molecular weight excluding hydrogens is 208 g/mol. The molecule has 0 heterocycles. The fraction of sp³-hybridized carbons (Fsp3) is 0.417. The quantitative estimate of drug-likeness (QED) is 0.781. The van der Waals surface area contributed by atoms with Gasteiger partial charge in [-0.3, -0.25) is 0 Å². The second-order valence-corrected chi connectivity index (χ2v) is 3.78. The van der Waals surface area contributed by atoms with Crippen molar-refractivity contribution in [1.29, 1.82) is 0 Å². The van der Waals surface area contributed by atoms with Crippen LogP contribution in [-0.2, 0) is 16.0 Å². The van der Waals surface area contributed by atoms with Crippen molar-refractivity contribution in [2.45, 2.75) is 18.9 Å². The summed E-state index contributed by atoms with van der Waals surface area (Å²) in [5, 5.41) is 9.61. The SMILES string of the molecule is COC(=O)COc1ccc2c(c1)CC[C@H]2O. The van der Waals surface area contributed by atoms with E-state index < -0.39 is 5.97 Å². The summed E-state index contributed by atoms with van der Waals surface area (Å²) in [6, 6.07) is 5.48. The van der Waals surface area contributed by atoms with E-state index in [0.717, 1.165) is 24.0 Å². The Morgan fingerprint density at radius 2 is 2.38 bits per heavy atom. The van der Waals surface area contributed by atoms with Crippen molar-refractivity contribution in [2.24, 2.45) is 0 Å². The smallest absolute Gasteiger partial charge is 0.343 e. The molecular formula is C12H14O4. The number of hydrogen-bond donors (Lipinski definition) is 1. The van der Waals surface area contributed by atoms with Crippen LogP contribution in [0.15, 0.2) is 18.2 Å². The van der Waals surface area contributed by atoms with Gasteiger partial charge in [-0.15, -0.1) is 0 Å². The van der Waals surface area contributed by atoms with Crippen molar-refractivity contribution in [1.82, 2.24) is 0 Å². The minimum atomic E-state index is -0.402. The number of benzene rings is 1. The molecule has 0 spiro atoms. The van der Waals surface area contributed by atoms with Gasteiger partial charge in [0.2, 0.25) is 0 Å². The number of carbonyl (C=O) groups excluding carboxylic acids is 1. The highest BCUT2D eigenvalue weighted by atomic mass is 16.6. The first kappa shape index (κ1) is 11.0. The molecule has 1 aliphatic carbocycles. The highest BCUT2D eigenvalue weighted by Gasteiger charge is 2.20. The van der Waals surface area contributed by atoms with E-state index in [9.17, 15) is 9.90 Å². The van der Waals surface area contributed by atoms with Crippen LogP contribution in [0, 0.1) is 0 Å². The van der Waals surface area contributed by atoms with Gasteiger partial charge in [0, 0.05) is 0 Å². The van der Waals surface area contributed by atoms with Crippen LogP contribution in [0.4, 0.5) is 0 Å². The predicted octanol–water partition coefficient (Wildman–Crippen LogP) is 1.22. The maximum absolute atomic E-state index is 10.9. The van der Waals surface area contributed by atoms with Gasteiger partial charge in [0.25, 0.3) is 0 Å².